The average molecular weight is 458 g/mol. The molecule has 13 heteroatoms. The third kappa shape index (κ3) is 5.66. The first-order valence-corrected chi connectivity index (χ1v) is 10.2. The Morgan fingerprint density at radius 1 is 1.06 bits per heavy atom. The molecular weight excluding hydrogens is 443 g/mol. The van der Waals surface area contributed by atoms with Gasteiger partial charge < -0.3 is 9.39 Å². The van der Waals surface area contributed by atoms with Gasteiger partial charge in [0.05, 0.1) is 12.1 Å². The second-order valence-electron chi connectivity index (χ2n) is 6.54. The maximum absolute atomic E-state index is 11.9. The van der Waals surface area contributed by atoms with Gasteiger partial charge in [0, 0.05) is 18.6 Å². The Balaban J connectivity index is 0.00000341. The zero-order chi connectivity index (χ0) is 22.1. The summed E-state index contributed by atoms with van der Waals surface area (Å²) in [5.74, 6) is -4.26. The van der Waals surface area contributed by atoms with Crippen LogP contribution in [0.15, 0.2) is 36.4 Å². The molecule has 3 rings (SSSR count). The molecule has 1 atom stereocenters. The molecule has 0 spiro atoms. The van der Waals surface area contributed by atoms with E-state index in [0.717, 1.165) is 10.5 Å². The number of anilines is 1. The molecule has 11 nitrogen and oxygen atoms in total. The maximum atomic E-state index is 11.9. The molecule has 0 aromatic heterocycles. The number of imide groups is 2. The van der Waals surface area contributed by atoms with E-state index in [-0.39, 0.29) is 47.5 Å². The Morgan fingerprint density at radius 2 is 1.65 bits per heavy atom. The number of hydroxylamine groups is 2. The molecule has 0 bridgehead atoms. The molecule has 0 radical (unpaired) electrons. The number of hydrogen-bond donors (Lipinski definition) is 0. The van der Waals surface area contributed by atoms with E-state index in [9.17, 15) is 36.9 Å². The molecular formula is C18H15N2NaO9S. The van der Waals surface area contributed by atoms with E-state index in [1.54, 1.807) is 24.3 Å². The van der Waals surface area contributed by atoms with Gasteiger partial charge in [-0.05, 0) is 30.5 Å². The summed E-state index contributed by atoms with van der Waals surface area (Å²) < 4.78 is 32.9. The zero-order valence-electron chi connectivity index (χ0n) is 16.3. The van der Waals surface area contributed by atoms with Gasteiger partial charge in [0.2, 0.25) is 0 Å². The Hall–Kier alpha value is -2.38. The topological polar surface area (TPSA) is 158 Å². The van der Waals surface area contributed by atoms with Gasteiger partial charge in [0.25, 0.3) is 23.6 Å². The standard InChI is InChI=1S/C18H16N2O9S.Na/c21-14-8-9-15(22)19(14)12-6-4-11(5-7-12)2-1-3-17(24)29-20-16(23)10-13(18(20)25)30(26,27)28;/h4-9,13H,1-3,10H2,(H,26,27,28);/q;+1/p-1. The molecule has 1 aromatic carbocycles. The van der Waals surface area contributed by atoms with Crippen LogP contribution in [0.5, 0.6) is 0 Å². The molecule has 1 fully saturated rings. The van der Waals surface area contributed by atoms with Crippen LogP contribution in [0.3, 0.4) is 0 Å². The molecule has 0 aliphatic carbocycles. The van der Waals surface area contributed by atoms with E-state index in [0.29, 0.717) is 12.1 Å². The zero-order valence-corrected chi connectivity index (χ0v) is 19.2. The quantitative estimate of drug-likeness (QED) is 0.230. The van der Waals surface area contributed by atoms with Crippen molar-refractivity contribution in [3.63, 3.8) is 0 Å². The minimum atomic E-state index is -5.03. The fraction of sp³-hybridized carbons (Fsp3) is 0.278. The van der Waals surface area contributed by atoms with Gasteiger partial charge in [-0.3, -0.25) is 19.2 Å². The summed E-state index contributed by atoms with van der Waals surface area (Å²) in [6, 6.07) is 6.52. The summed E-state index contributed by atoms with van der Waals surface area (Å²) in [7, 11) is -5.03. The van der Waals surface area contributed by atoms with Crippen molar-refractivity contribution in [3.8, 4) is 0 Å². The SMILES string of the molecule is O=C(CCCc1ccc(N2C(=O)C=CC2=O)cc1)ON1C(=O)CC(S(=O)(=O)[O-])C1=O.[Na+]. The van der Waals surface area contributed by atoms with Crippen LogP contribution in [-0.4, -0.2) is 52.9 Å². The minimum absolute atomic E-state index is 0. The van der Waals surface area contributed by atoms with Crippen LogP contribution in [0.2, 0.25) is 0 Å². The summed E-state index contributed by atoms with van der Waals surface area (Å²) in [4.78, 5) is 64.2. The van der Waals surface area contributed by atoms with Gasteiger partial charge >= 0.3 is 35.5 Å². The van der Waals surface area contributed by atoms with Crippen molar-refractivity contribution in [1.82, 2.24) is 5.06 Å². The van der Waals surface area contributed by atoms with Crippen molar-refractivity contribution in [2.24, 2.45) is 0 Å². The summed E-state index contributed by atoms with van der Waals surface area (Å²) in [5, 5.41) is -2.06. The number of carbonyl (C=O) groups is 5. The van der Waals surface area contributed by atoms with Crippen LogP contribution in [0, 0.1) is 0 Å². The Bertz CT molecular complexity index is 1050. The number of aryl methyl sites for hydroxylation is 1. The van der Waals surface area contributed by atoms with Gasteiger partial charge in [-0.15, -0.1) is 5.06 Å². The predicted octanol–water partition coefficient (Wildman–Crippen LogP) is -3.43. The van der Waals surface area contributed by atoms with Crippen molar-refractivity contribution in [3.05, 3.63) is 42.0 Å². The molecule has 4 amide bonds. The fourth-order valence-electron chi connectivity index (χ4n) is 2.95. The van der Waals surface area contributed by atoms with Crippen LogP contribution in [-0.2, 0) is 45.3 Å². The van der Waals surface area contributed by atoms with Crippen molar-refractivity contribution in [2.45, 2.75) is 30.9 Å². The van der Waals surface area contributed by atoms with Gasteiger partial charge in [-0.25, -0.2) is 18.1 Å². The summed E-state index contributed by atoms with van der Waals surface area (Å²) in [5.41, 5.74) is 1.21. The first-order valence-electron chi connectivity index (χ1n) is 8.75. The van der Waals surface area contributed by atoms with Crippen molar-refractivity contribution < 1.29 is 71.3 Å². The van der Waals surface area contributed by atoms with Gasteiger partial charge in [0.1, 0.15) is 15.4 Å². The summed E-state index contributed by atoms with van der Waals surface area (Å²) in [6.07, 6.45) is 2.00. The van der Waals surface area contributed by atoms with E-state index in [4.69, 9.17) is 0 Å². The first-order chi connectivity index (χ1) is 14.1. The normalized spacial score (nSPS) is 18.5. The largest absolute Gasteiger partial charge is 1.00 e. The molecule has 1 unspecified atom stereocenters. The number of nitrogens with zero attached hydrogens (tertiary/aromatic N) is 2. The van der Waals surface area contributed by atoms with Crippen molar-refractivity contribution >= 4 is 45.4 Å². The third-order valence-corrected chi connectivity index (χ3v) is 5.52. The first kappa shape index (κ1) is 24.9. The molecule has 1 aromatic rings. The maximum Gasteiger partial charge on any atom is 1.00 e. The van der Waals surface area contributed by atoms with Gasteiger partial charge in [-0.1, -0.05) is 12.1 Å². The number of hydrogen-bond acceptors (Lipinski definition) is 9. The monoisotopic (exact) mass is 458 g/mol. The molecule has 2 aliphatic rings. The van der Waals surface area contributed by atoms with Crippen LogP contribution in [0.1, 0.15) is 24.8 Å². The molecule has 0 N–H and O–H groups in total. The second-order valence-corrected chi connectivity index (χ2v) is 8.10. The average Bonchev–Trinajstić information content (AvgIpc) is 3.15. The van der Waals surface area contributed by atoms with Crippen molar-refractivity contribution in [1.29, 1.82) is 0 Å². The number of benzene rings is 1. The predicted molar refractivity (Wildman–Crippen MR) is 97.1 cm³/mol. The number of rotatable bonds is 7. The molecule has 0 saturated carbocycles. The molecule has 158 valence electrons. The number of carbonyl (C=O) groups excluding carboxylic acids is 5. The Kier molecular flexibility index (Phi) is 7.89. The van der Waals surface area contributed by atoms with Gasteiger partial charge in [-0.2, -0.15) is 0 Å². The van der Waals surface area contributed by atoms with Gasteiger partial charge in [0.15, 0.2) is 0 Å². The van der Waals surface area contributed by atoms with Crippen LogP contribution >= 0.6 is 0 Å². The molecule has 2 aliphatic heterocycles. The minimum Gasteiger partial charge on any atom is -0.747 e. The molecule has 2 heterocycles. The van der Waals surface area contributed by atoms with E-state index in [1.165, 1.54) is 12.2 Å². The van der Waals surface area contributed by atoms with Crippen LogP contribution < -0.4 is 34.5 Å². The second kappa shape index (κ2) is 9.83. The van der Waals surface area contributed by atoms with E-state index < -0.39 is 51.4 Å². The fourth-order valence-corrected chi connectivity index (χ4v) is 3.64. The third-order valence-electron chi connectivity index (χ3n) is 4.45. The smallest absolute Gasteiger partial charge is 0.747 e. The van der Waals surface area contributed by atoms with Crippen LogP contribution in [0.4, 0.5) is 5.69 Å². The molecule has 1 saturated heterocycles. The molecule has 31 heavy (non-hydrogen) atoms. The Labute approximate surface area is 199 Å². The van der Waals surface area contributed by atoms with E-state index in [2.05, 4.69) is 4.84 Å². The van der Waals surface area contributed by atoms with Crippen LogP contribution in [0.25, 0.3) is 0 Å². The van der Waals surface area contributed by atoms with Crippen molar-refractivity contribution in [2.75, 3.05) is 4.90 Å². The summed E-state index contributed by atoms with van der Waals surface area (Å²) >= 11 is 0. The Morgan fingerprint density at radius 3 is 2.16 bits per heavy atom. The van der Waals surface area contributed by atoms with E-state index >= 15 is 0 Å². The summed E-state index contributed by atoms with van der Waals surface area (Å²) in [6.45, 7) is 0. The number of amides is 4. The van der Waals surface area contributed by atoms with E-state index in [1.807, 2.05) is 0 Å².